The van der Waals surface area contributed by atoms with Crippen LogP contribution in [0.3, 0.4) is 0 Å². The molecule has 0 spiro atoms. The number of hydrogen-bond donors (Lipinski definition) is 2. The molecule has 7 heteroatoms. The summed E-state index contributed by atoms with van der Waals surface area (Å²) in [4.78, 5) is 16.8. The number of amides is 1. The van der Waals surface area contributed by atoms with Gasteiger partial charge in [-0.3, -0.25) is 4.79 Å². The summed E-state index contributed by atoms with van der Waals surface area (Å²) in [6.07, 6.45) is 3.91. The first-order valence-corrected chi connectivity index (χ1v) is 8.12. The molecule has 1 aliphatic rings. The lowest BCUT2D eigenvalue weighted by Gasteiger charge is -2.16. The first-order chi connectivity index (χ1) is 10.6. The number of rotatable bonds is 5. The van der Waals surface area contributed by atoms with Crippen LogP contribution in [0.2, 0.25) is 5.02 Å². The van der Waals surface area contributed by atoms with E-state index in [1.54, 1.807) is 6.20 Å². The fraction of sp³-hybridized carbons (Fsp3) is 0.333. The average molecular weight is 339 g/mol. The molecule has 1 amide bonds. The number of carbonyl (C=O) groups excluding carboxylic acids is 1. The lowest BCUT2D eigenvalue weighted by atomic mass is 10.1. The van der Waals surface area contributed by atoms with Gasteiger partial charge in [-0.15, -0.1) is 11.3 Å². The Morgan fingerprint density at radius 2 is 2.32 bits per heavy atom. The molecular weight excluding hydrogens is 324 g/mol. The van der Waals surface area contributed by atoms with Gasteiger partial charge in [0.2, 0.25) is 0 Å². The molecule has 1 saturated carbocycles. The van der Waals surface area contributed by atoms with E-state index < -0.39 is 0 Å². The van der Waals surface area contributed by atoms with Crippen molar-refractivity contribution < 1.29 is 14.6 Å². The van der Waals surface area contributed by atoms with Crippen molar-refractivity contribution in [2.45, 2.75) is 18.9 Å². The number of methoxy groups -OCH3 is 1. The highest BCUT2D eigenvalue weighted by Crippen LogP contribution is 2.42. The van der Waals surface area contributed by atoms with Crippen LogP contribution in [0.1, 0.15) is 34.2 Å². The summed E-state index contributed by atoms with van der Waals surface area (Å²) < 4.78 is 5.03. The quantitative estimate of drug-likeness (QED) is 0.876. The summed E-state index contributed by atoms with van der Waals surface area (Å²) in [5, 5.41) is 15.6. The van der Waals surface area contributed by atoms with E-state index >= 15 is 0 Å². The lowest BCUT2D eigenvalue weighted by Crippen LogP contribution is -2.29. The number of halogens is 1. The Morgan fingerprint density at radius 1 is 1.55 bits per heavy atom. The normalized spacial score (nSPS) is 15.4. The van der Waals surface area contributed by atoms with E-state index in [1.165, 1.54) is 30.6 Å². The van der Waals surface area contributed by atoms with Crippen molar-refractivity contribution in [3.63, 3.8) is 0 Å². The first kappa shape index (κ1) is 15.1. The zero-order chi connectivity index (χ0) is 15.7. The minimum absolute atomic E-state index is 0.0777. The number of phenolic OH excluding ortho intramolecular Hbond substituents is 1. The molecule has 0 aliphatic heterocycles. The van der Waals surface area contributed by atoms with Crippen molar-refractivity contribution in [2.75, 3.05) is 7.11 Å². The minimum atomic E-state index is -0.257. The molecule has 22 heavy (non-hydrogen) atoms. The fourth-order valence-electron chi connectivity index (χ4n) is 2.28. The lowest BCUT2D eigenvalue weighted by molar-refractivity contribution is 0.0931. The third-order valence-corrected chi connectivity index (χ3v) is 4.75. The van der Waals surface area contributed by atoms with Crippen LogP contribution in [0.25, 0.3) is 0 Å². The summed E-state index contributed by atoms with van der Waals surface area (Å²) in [6.45, 7) is 0. The largest absolute Gasteiger partial charge is 0.503 e. The monoisotopic (exact) mass is 338 g/mol. The van der Waals surface area contributed by atoms with Gasteiger partial charge in [0.25, 0.3) is 5.91 Å². The van der Waals surface area contributed by atoms with E-state index in [2.05, 4.69) is 10.3 Å². The number of phenols is 1. The molecule has 1 aliphatic carbocycles. The number of nitrogens with one attached hydrogen (secondary N) is 1. The summed E-state index contributed by atoms with van der Waals surface area (Å²) in [6, 6.07) is 2.83. The second-order valence-electron chi connectivity index (χ2n) is 5.17. The summed E-state index contributed by atoms with van der Waals surface area (Å²) in [5.41, 5.74) is 0.349. The molecule has 0 radical (unpaired) electrons. The van der Waals surface area contributed by atoms with Crippen molar-refractivity contribution >= 4 is 28.8 Å². The van der Waals surface area contributed by atoms with Crippen molar-refractivity contribution in [1.29, 1.82) is 0 Å². The van der Waals surface area contributed by atoms with Gasteiger partial charge in [-0.2, -0.15) is 0 Å². The second-order valence-corrected chi connectivity index (χ2v) is 6.50. The highest BCUT2D eigenvalue weighted by atomic mass is 35.5. The molecule has 0 saturated heterocycles. The van der Waals surface area contributed by atoms with Gasteiger partial charge in [0, 0.05) is 17.1 Å². The van der Waals surface area contributed by atoms with Gasteiger partial charge < -0.3 is 15.2 Å². The predicted octanol–water partition coefficient (Wildman–Crippen LogP) is 3.39. The maximum absolute atomic E-state index is 12.5. The molecule has 1 heterocycles. The highest BCUT2D eigenvalue weighted by molar-refractivity contribution is 7.09. The first-order valence-electron chi connectivity index (χ1n) is 6.87. The number of thiazole rings is 1. The van der Waals surface area contributed by atoms with Gasteiger partial charge in [0.15, 0.2) is 11.5 Å². The molecule has 5 nitrogen and oxygen atoms in total. The zero-order valence-corrected chi connectivity index (χ0v) is 13.4. The van der Waals surface area contributed by atoms with Crippen LogP contribution in [0.15, 0.2) is 23.7 Å². The van der Waals surface area contributed by atoms with Crippen LogP contribution in [0, 0.1) is 5.92 Å². The molecule has 0 bridgehead atoms. The van der Waals surface area contributed by atoms with Gasteiger partial charge >= 0.3 is 0 Å². The number of aromatic hydroxyl groups is 1. The molecule has 1 fully saturated rings. The van der Waals surface area contributed by atoms with Gasteiger partial charge in [-0.1, -0.05) is 11.6 Å². The smallest absolute Gasteiger partial charge is 0.252 e. The molecule has 116 valence electrons. The Labute approximate surface area is 136 Å². The van der Waals surface area contributed by atoms with E-state index in [0.717, 1.165) is 17.8 Å². The Hall–Kier alpha value is -1.79. The molecule has 3 rings (SSSR count). The van der Waals surface area contributed by atoms with Crippen LogP contribution in [-0.2, 0) is 0 Å². The molecule has 2 N–H and O–H groups in total. The Bertz CT molecular complexity index is 686. The van der Waals surface area contributed by atoms with Crippen molar-refractivity contribution in [3.05, 3.63) is 39.3 Å². The molecule has 1 unspecified atom stereocenters. The van der Waals surface area contributed by atoms with Gasteiger partial charge in [0.05, 0.1) is 18.2 Å². The summed E-state index contributed by atoms with van der Waals surface area (Å²) in [5.74, 6) is 0.186. The number of aromatic nitrogens is 1. The number of hydrogen-bond acceptors (Lipinski definition) is 5. The Balaban J connectivity index is 1.83. The van der Waals surface area contributed by atoms with Crippen molar-refractivity contribution in [2.24, 2.45) is 5.92 Å². The van der Waals surface area contributed by atoms with Crippen LogP contribution < -0.4 is 10.1 Å². The molecule has 1 atom stereocenters. The Morgan fingerprint density at radius 3 is 2.91 bits per heavy atom. The van der Waals surface area contributed by atoms with Crippen LogP contribution >= 0.6 is 22.9 Å². The predicted molar refractivity (Wildman–Crippen MR) is 84.7 cm³/mol. The molecule has 1 aromatic heterocycles. The van der Waals surface area contributed by atoms with E-state index in [9.17, 15) is 9.90 Å². The molecular formula is C15H15ClN2O3S. The standard InChI is InChI=1S/C15H15ClN2O3S/c1-21-11-7-9(6-10(16)13(11)19)14(20)18-12(8-2-3-8)15-17-4-5-22-15/h4-8,12,19H,2-3H2,1H3,(H,18,20). The maximum atomic E-state index is 12.5. The SMILES string of the molecule is COc1cc(C(=O)NC(c2nccs2)C2CC2)cc(Cl)c1O. The van der Waals surface area contributed by atoms with E-state index in [4.69, 9.17) is 16.3 Å². The number of carbonyl (C=O) groups is 1. The third kappa shape index (κ3) is 3.03. The van der Waals surface area contributed by atoms with Crippen molar-refractivity contribution in [1.82, 2.24) is 10.3 Å². The summed E-state index contributed by atoms with van der Waals surface area (Å²) >= 11 is 7.47. The second kappa shape index (κ2) is 6.14. The van der Waals surface area contributed by atoms with Gasteiger partial charge in [-0.05, 0) is 30.9 Å². The number of nitrogens with zero attached hydrogens (tertiary/aromatic N) is 1. The minimum Gasteiger partial charge on any atom is -0.503 e. The fourth-order valence-corrected chi connectivity index (χ4v) is 3.28. The van der Waals surface area contributed by atoms with E-state index in [0.29, 0.717) is 11.5 Å². The Kier molecular flexibility index (Phi) is 4.22. The van der Waals surface area contributed by atoms with Gasteiger partial charge in [0.1, 0.15) is 5.01 Å². The zero-order valence-electron chi connectivity index (χ0n) is 11.9. The van der Waals surface area contributed by atoms with E-state index in [-0.39, 0.29) is 28.5 Å². The third-order valence-electron chi connectivity index (χ3n) is 3.61. The number of benzene rings is 1. The van der Waals surface area contributed by atoms with Gasteiger partial charge in [-0.25, -0.2) is 4.98 Å². The molecule has 1 aromatic carbocycles. The van der Waals surface area contributed by atoms with Crippen LogP contribution in [0.4, 0.5) is 0 Å². The maximum Gasteiger partial charge on any atom is 0.252 e. The highest BCUT2D eigenvalue weighted by Gasteiger charge is 2.35. The topological polar surface area (TPSA) is 71.5 Å². The van der Waals surface area contributed by atoms with Crippen LogP contribution in [-0.4, -0.2) is 23.1 Å². The average Bonchev–Trinajstić information content (AvgIpc) is 3.21. The van der Waals surface area contributed by atoms with E-state index in [1.807, 2.05) is 5.38 Å². The number of ether oxygens (including phenoxy) is 1. The van der Waals surface area contributed by atoms with Crippen LogP contribution in [0.5, 0.6) is 11.5 Å². The summed E-state index contributed by atoms with van der Waals surface area (Å²) in [7, 11) is 1.41. The molecule has 2 aromatic rings. The van der Waals surface area contributed by atoms with Crippen molar-refractivity contribution in [3.8, 4) is 11.5 Å².